The highest BCUT2D eigenvalue weighted by Gasteiger charge is 2.09. The summed E-state index contributed by atoms with van der Waals surface area (Å²) in [7, 11) is 1.68. The van der Waals surface area contributed by atoms with Crippen molar-refractivity contribution in [2.24, 2.45) is 4.99 Å². The SMILES string of the molecule is CCNC(=NCCCOCc1ccc(OC)cc1)NCCN1CCCCC1.I. The van der Waals surface area contributed by atoms with E-state index in [2.05, 4.69) is 27.4 Å². The minimum Gasteiger partial charge on any atom is -0.497 e. The summed E-state index contributed by atoms with van der Waals surface area (Å²) in [5.41, 5.74) is 1.16. The number of nitrogens with zero attached hydrogens (tertiary/aromatic N) is 2. The second-order valence-electron chi connectivity index (χ2n) is 6.84. The second-order valence-corrected chi connectivity index (χ2v) is 6.84. The third-order valence-corrected chi connectivity index (χ3v) is 4.66. The average molecular weight is 504 g/mol. The van der Waals surface area contributed by atoms with Crippen LogP contribution < -0.4 is 15.4 Å². The van der Waals surface area contributed by atoms with Crippen LogP contribution in [0.25, 0.3) is 0 Å². The van der Waals surface area contributed by atoms with Crippen molar-refractivity contribution in [2.75, 3.05) is 53.0 Å². The first-order valence-corrected chi connectivity index (χ1v) is 10.3. The van der Waals surface area contributed by atoms with Gasteiger partial charge < -0.3 is 25.0 Å². The Morgan fingerprint density at radius 3 is 2.54 bits per heavy atom. The van der Waals surface area contributed by atoms with E-state index >= 15 is 0 Å². The zero-order valence-corrected chi connectivity index (χ0v) is 19.7. The monoisotopic (exact) mass is 504 g/mol. The summed E-state index contributed by atoms with van der Waals surface area (Å²) in [6.45, 7) is 9.59. The summed E-state index contributed by atoms with van der Waals surface area (Å²) in [5.74, 6) is 1.78. The topological polar surface area (TPSA) is 58.1 Å². The molecule has 2 rings (SSSR count). The highest BCUT2D eigenvalue weighted by molar-refractivity contribution is 14.0. The Morgan fingerprint density at radius 2 is 1.86 bits per heavy atom. The number of halogens is 1. The van der Waals surface area contributed by atoms with Gasteiger partial charge in [-0.15, -0.1) is 24.0 Å². The van der Waals surface area contributed by atoms with E-state index in [0.29, 0.717) is 13.2 Å². The number of guanidine groups is 1. The van der Waals surface area contributed by atoms with E-state index in [-0.39, 0.29) is 24.0 Å². The molecule has 28 heavy (non-hydrogen) atoms. The third-order valence-electron chi connectivity index (χ3n) is 4.66. The number of nitrogens with one attached hydrogen (secondary N) is 2. The summed E-state index contributed by atoms with van der Waals surface area (Å²) >= 11 is 0. The number of benzene rings is 1. The van der Waals surface area contributed by atoms with Gasteiger partial charge in [0.2, 0.25) is 0 Å². The molecule has 0 aromatic heterocycles. The van der Waals surface area contributed by atoms with Crippen LogP contribution in [0.4, 0.5) is 0 Å². The Kier molecular flexibility index (Phi) is 14.1. The van der Waals surface area contributed by atoms with Crippen LogP contribution in [0.2, 0.25) is 0 Å². The fourth-order valence-corrected chi connectivity index (χ4v) is 3.13. The number of likely N-dealkylation sites (tertiary alicyclic amines) is 1. The molecule has 0 spiro atoms. The van der Waals surface area contributed by atoms with Gasteiger partial charge in [0.1, 0.15) is 5.75 Å². The summed E-state index contributed by atoms with van der Waals surface area (Å²) < 4.78 is 10.9. The summed E-state index contributed by atoms with van der Waals surface area (Å²) in [4.78, 5) is 7.18. The Hall–Kier alpha value is -1.06. The molecule has 1 heterocycles. The van der Waals surface area contributed by atoms with E-state index in [1.54, 1.807) is 7.11 Å². The molecule has 7 heteroatoms. The molecule has 0 atom stereocenters. The standard InChI is InChI=1S/C21H36N4O2.HI/c1-3-22-21(24-13-16-25-14-5-4-6-15-25)23-12-7-17-27-18-19-8-10-20(26-2)11-9-19;/h8-11H,3-7,12-18H2,1-2H3,(H2,22,23,24);1H. The Balaban J connectivity index is 0.00000392. The number of rotatable bonds is 11. The number of piperidine rings is 1. The molecule has 0 unspecified atom stereocenters. The predicted octanol–water partition coefficient (Wildman–Crippen LogP) is 3.26. The van der Waals surface area contributed by atoms with Crippen LogP contribution >= 0.6 is 24.0 Å². The molecular formula is C21H37IN4O2. The van der Waals surface area contributed by atoms with Crippen LogP contribution in [0.3, 0.4) is 0 Å². The van der Waals surface area contributed by atoms with Crippen molar-refractivity contribution in [1.29, 1.82) is 0 Å². The molecule has 0 saturated carbocycles. The quantitative estimate of drug-likeness (QED) is 0.210. The van der Waals surface area contributed by atoms with Crippen LogP contribution in [-0.4, -0.2) is 63.8 Å². The van der Waals surface area contributed by atoms with E-state index in [0.717, 1.165) is 49.9 Å². The van der Waals surface area contributed by atoms with Crippen molar-refractivity contribution in [1.82, 2.24) is 15.5 Å². The van der Waals surface area contributed by atoms with Gasteiger partial charge in [0.25, 0.3) is 0 Å². The van der Waals surface area contributed by atoms with Gasteiger partial charge >= 0.3 is 0 Å². The van der Waals surface area contributed by atoms with Crippen molar-refractivity contribution >= 4 is 29.9 Å². The molecule has 1 aliphatic rings. The van der Waals surface area contributed by atoms with E-state index < -0.39 is 0 Å². The number of aliphatic imine (C=N–C) groups is 1. The number of methoxy groups -OCH3 is 1. The summed E-state index contributed by atoms with van der Waals surface area (Å²) in [6, 6.07) is 7.99. The maximum atomic E-state index is 5.74. The summed E-state index contributed by atoms with van der Waals surface area (Å²) in [6.07, 6.45) is 4.97. The molecule has 2 N–H and O–H groups in total. The first-order chi connectivity index (χ1) is 13.3. The van der Waals surface area contributed by atoms with E-state index in [1.165, 1.54) is 32.4 Å². The number of hydrogen-bond acceptors (Lipinski definition) is 4. The van der Waals surface area contributed by atoms with Crippen LogP contribution in [0.5, 0.6) is 5.75 Å². The van der Waals surface area contributed by atoms with Crippen molar-refractivity contribution in [3.05, 3.63) is 29.8 Å². The van der Waals surface area contributed by atoms with Crippen LogP contribution in [0.1, 0.15) is 38.2 Å². The van der Waals surface area contributed by atoms with Gasteiger partial charge in [-0.05, 0) is 57.0 Å². The average Bonchev–Trinajstić information content (AvgIpc) is 2.71. The van der Waals surface area contributed by atoms with Crippen molar-refractivity contribution in [3.63, 3.8) is 0 Å². The van der Waals surface area contributed by atoms with E-state index in [9.17, 15) is 0 Å². The predicted molar refractivity (Wildman–Crippen MR) is 127 cm³/mol. The number of hydrogen-bond donors (Lipinski definition) is 2. The minimum atomic E-state index is 0. The van der Waals surface area contributed by atoms with Gasteiger partial charge in [0, 0.05) is 32.8 Å². The molecule has 1 aromatic rings. The molecule has 1 saturated heterocycles. The number of ether oxygens (including phenoxy) is 2. The fourth-order valence-electron chi connectivity index (χ4n) is 3.13. The smallest absolute Gasteiger partial charge is 0.191 e. The maximum absolute atomic E-state index is 5.74. The molecule has 1 aromatic carbocycles. The molecule has 0 bridgehead atoms. The minimum absolute atomic E-state index is 0. The molecule has 0 amide bonds. The highest BCUT2D eigenvalue weighted by atomic mass is 127. The lowest BCUT2D eigenvalue weighted by Gasteiger charge is -2.26. The Morgan fingerprint density at radius 1 is 1.11 bits per heavy atom. The molecule has 1 fully saturated rings. The lowest BCUT2D eigenvalue weighted by Crippen LogP contribution is -2.42. The van der Waals surface area contributed by atoms with Crippen molar-refractivity contribution in [3.8, 4) is 5.75 Å². The largest absolute Gasteiger partial charge is 0.497 e. The van der Waals surface area contributed by atoms with Crippen molar-refractivity contribution in [2.45, 2.75) is 39.2 Å². The lowest BCUT2D eigenvalue weighted by molar-refractivity contribution is 0.120. The lowest BCUT2D eigenvalue weighted by atomic mass is 10.1. The molecule has 1 aliphatic heterocycles. The van der Waals surface area contributed by atoms with Gasteiger partial charge in [0.05, 0.1) is 13.7 Å². The molecule has 0 aliphatic carbocycles. The molecule has 6 nitrogen and oxygen atoms in total. The first kappa shape index (κ1) is 25.0. The van der Waals surface area contributed by atoms with Gasteiger partial charge in [-0.1, -0.05) is 18.6 Å². The van der Waals surface area contributed by atoms with Crippen LogP contribution in [-0.2, 0) is 11.3 Å². The molecular weight excluding hydrogens is 467 g/mol. The fraction of sp³-hybridized carbons (Fsp3) is 0.667. The second kappa shape index (κ2) is 15.8. The molecule has 0 radical (unpaired) electrons. The van der Waals surface area contributed by atoms with E-state index in [4.69, 9.17) is 9.47 Å². The molecule has 160 valence electrons. The van der Waals surface area contributed by atoms with Gasteiger partial charge in [-0.3, -0.25) is 4.99 Å². The Bertz CT molecular complexity index is 534. The normalized spacial score (nSPS) is 15.0. The van der Waals surface area contributed by atoms with Crippen molar-refractivity contribution < 1.29 is 9.47 Å². The zero-order chi connectivity index (χ0) is 19.2. The highest BCUT2D eigenvalue weighted by Crippen LogP contribution is 2.12. The van der Waals surface area contributed by atoms with Gasteiger partial charge in [-0.25, -0.2) is 0 Å². The van der Waals surface area contributed by atoms with Gasteiger partial charge in [0.15, 0.2) is 5.96 Å². The third kappa shape index (κ3) is 10.5. The van der Waals surface area contributed by atoms with E-state index in [1.807, 2.05) is 24.3 Å². The van der Waals surface area contributed by atoms with Crippen LogP contribution in [0, 0.1) is 0 Å². The summed E-state index contributed by atoms with van der Waals surface area (Å²) in [5, 5.41) is 6.76. The van der Waals surface area contributed by atoms with Crippen LogP contribution in [0.15, 0.2) is 29.3 Å². The first-order valence-electron chi connectivity index (χ1n) is 10.3. The maximum Gasteiger partial charge on any atom is 0.191 e. The zero-order valence-electron chi connectivity index (χ0n) is 17.4. The van der Waals surface area contributed by atoms with Gasteiger partial charge in [-0.2, -0.15) is 0 Å². The Labute approximate surface area is 187 Å².